The van der Waals surface area contributed by atoms with Gasteiger partial charge in [-0.1, -0.05) is 18.6 Å². The highest BCUT2D eigenvalue weighted by Gasteiger charge is 2.23. The summed E-state index contributed by atoms with van der Waals surface area (Å²) in [4.78, 5) is 23.4. The number of benzene rings is 1. The molecule has 0 aliphatic carbocycles. The molecule has 31 heavy (non-hydrogen) atoms. The van der Waals surface area contributed by atoms with Crippen molar-refractivity contribution in [2.24, 2.45) is 10.8 Å². The van der Waals surface area contributed by atoms with Gasteiger partial charge in [0.15, 0.2) is 12.3 Å². The Morgan fingerprint density at radius 3 is 2.61 bits per heavy atom. The van der Waals surface area contributed by atoms with E-state index < -0.39 is 11.8 Å². The van der Waals surface area contributed by atoms with E-state index in [1.54, 1.807) is 31.2 Å². The fourth-order valence-electron chi connectivity index (χ4n) is 2.65. The van der Waals surface area contributed by atoms with E-state index in [1.807, 2.05) is 6.92 Å². The predicted octanol–water partition coefficient (Wildman–Crippen LogP) is 0.203. The zero-order chi connectivity index (χ0) is 22.4. The van der Waals surface area contributed by atoms with E-state index in [1.165, 1.54) is 4.68 Å². The summed E-state index contributed by atoms with van der Waals surface area (Å²) in [6.07, 6.45) is 1.23. The number of hydrogen-bond donors (Lipinski definition) is 3. The van der Waals surface area contributed by atoms with Crippen LogP contribution in [0.1, 0.15) is 42.0 Å². The highest BCUT2D eigenvalue weighted by molar-refractivity contribution is 6.00. The third-order valence-electron chi connectivity index (χ3n) is 4.14. The van der Waals surface area contributed by atoms with Crippen LogP contribution in [-0.2, 0) is 11.2 Å². The smallest absolute Gasteiger partial charge is 0.293 e. The van der Waals surface area contributed by atoms with Crippen molar-refractivity contribution in [3.8, 4) is 11.6 Å². The molecule has 0 saturated heterocycles. The van der Waals surface area contributed by atoms with Gasteiger partial charge in [-0.15, -0.1) is 5.10 Å². The summed E-state index contributed by atoms with van der Waals surface area (Å²) in [5, 5.41) is 19.2. The van der Waals surface area contributed by atoms with Crippen LogP contribution in [0, 0.1) is 0 Å². The lowest BCUT2D eigenvalue weighted by atomic mass is 10.1. The van der Waals surface area contributed by atoms with Crippen LogP contribution in [0.15, 0.2) is 34.0 Å². The quantitative estimate of drug-likeness (QED) is 0.316. The summed E-state index contributed by atoms with van der Waals surface area (Å²) < 4.78 is 11.1. The molecule has 3 aromatic rings. The number of nitrogens with two attached hydrogens (primary N) is 2. The van der Waals surface area contributed by atoms with Crippen molar-refractivity contribution in [3.05, 3.63) is 41.2 Å². The third-order valence-corrected chi connectivity index (χ3v) is 4.14. The third kappa shape index (κ3) is 5.01. The van der Waals surface area contributed by atoms with Crippen molar-refractivity contribution in [1.82, 2.24) is 30.7 Å². The molecule has 2 amide bonds. The van der Waals surface area contributed by atoms with Crippen molar-refractivity contribution < 1.29 is 19.0 Å². The van der Waals surface area contributed by atoms with E-state index in [9.17, 15) is 9.59 Å². The van der Waals surface area contributed by atoms with Gasteiger partial charge in [0.2, 0.25) is 11.6 Å². The van der Waals surface area contributed by atoms with Gasteiger partial charge >= 0.3 is 0 Å². The van der Waals surface area contributed by atoms with Crippen molar-refractivity contribution in [2.75, 3.05) is 12.3 Å². The fraction of sp³-hybridized carbons (Fsp3) is 0.278. The number of aromatic nitrogens is 5. The zero-order valence-corrected chi connectivity index (χ0v) is 16.9. The number of hydrogen-bond acceptors (Lipinski definition) is 10. The molecule has 0 bridgehead atoms. The SMILES string of the molecule is CCCc1c(C(=O)N/N=C(/C)c2ccc(OCC(N)=O)cc2)nnn1-c1nonc1N. The number of nitrogen functional groups attached to an aromatic ring is 1. The van der Waals surface area contributed by atoms with Gasteiger partial charge in [-0.25, -0.2) is 10.1 Å². The minimum absolute atomic E-state index is 0.0336. The highest BCUT2D eigenvalue weighted by atomic mass is 16.6. The van der Waals surface area contributed by atoms with Gasteiger partial charge < -0.3 is 16.2 Å². The molecular formula is C18H21N9O4. The number of anilines is 1. The van der Waals surface area contributed by atoms with Crippen LogP contribution < -0.4 is 21.6 Å². The van der Waals surface area contributed by atoms with Crippen molar-refractivity contribution in [2.45, 2.75) is 26.7 Å². The number of nitrogens with zero attached hydrogens (tertiary/aromatic N) is 6. The molecule has 0 atom stereocenters. The van der Waals surface area contributed by atoms with E-state index in [2.05, 4.69) is 35.8 Å². The second-order valence-corrected chi connectivity index (χ2v) is 6.44. The van der Waals surface area contributed by atoms with Gasteiger partial charge in [-0.3, -0.25) is 9.59 Å². The first-order valence-electron chi connectivity index (χ1n) is 9.29. The molecule has 0 radical (unpaired) electrons. The topological polar surface area (TPSA) is 189 Å². The molecule has 0 fully saturated rings. The fourth-order valence-corrected chi connectivity index (χ4v) is 2.65. The van der Waals surface area contributed by atoms with Crippen molar-refractivity contribution in [3.63, 3.8) is 0 Å². The molecule has 162 valence electrons. The molecule has 0 unspecified atom stereocenters. The lowest BCUT2D eigenvalue weighted by molar-refractivity contribution is -0.119. The lowest BCUT2D eigenvalue weighted by Crippen LogP contribution is -2.22. The van der Waals surface area contributed by atoms with E-state index >= 15 is 0 Å². The molecule has 3 rings (SSSR count). The number of ether oxygens (including phenoxy) is 1. The van der Waals surface area contributed by atoms with Crippen LogP contribution in [0.3, 0.4) is 0 Å². The van der Waals surface area contributed by atoms with Crippen LogP contribution in [0.5, 0.6) is 5.75 Å². The number of carbonyl (C=O) groups excluding carboxylic acids is 2. The Morgan fingerprint density at radius 2 is 2.00 bits per heavy atom. The van der Waals surface area contributed by atoms with E-state index in [0.29, 0.717) is 23.6 Å². The average molecular weight is 427 g/mol. The summed E-state index contributed by atoms with van der Waals surface area (Å²) in [6.45, 7) is 3.47. The molecule has 0 aliphatic rings. The monoisotopic (exact) mass is 427 g/mol. The van der Waals surface area contributed by atoms with Gasteiger partial charge in [0.05, 0.1) is 11.4 Å². The van der Waals surface area contributed by atoms with Crippen LogP contribution in [-0.4, -0.2) is 49.4 Å². The number of rotatable bonds is 9. The second-order valence-electron chi connectivity index (χ2n) is 6.44. The number of primary amides is 1. The Balaban J connectivity index is 1.74. The van der Waals surface area contributed by atoms with Crippen LogP contribution in [0.2, 0.25) is 0 Å². The van der Waals surface area contributed by atoms with Gasteiger partial charge in [-0.05, 0) is 53.5 Å². The number of hydrazone groups is 1. The maximum atomic E-state index is 12.7. The molecule has 5 N–H and O–H groups in total. The summed E-state index contributed by atoms with van der Waals surface area (Å²) in [5.41, 5.74) is 15.1. The van der Waals surface area contributed by atoms with Crippen LogP contribution >= 0.6 is 0 Å². The van der Waals surface area contributed by atoms with Crippen molar-refractivity contribution in [1.29, 1.82) is 0 Å². The number of nitrogens with one attached hydrogen (secondary N) is 1. The van der Waals surface area contributed by atoms with Gasteiger partial charge in [-0.2, -0.15) is 9.78 Å². The Labute approximate surface area is 176 Å². The summed E-state index contributed by atoms with van der Waals surface area (Å²) in [5.74, 6) is -0.418. The molecule has 13 nitrogen and oxygen atoms in total. The molecule has 1 aromatic carbocycles. The minimum atomic E-state index is -0.564. The predicted molar refractivity (Wildman–Crippen MR) is 108 cm³/mol. The standard InChI is InChI=1S/C18H21N9O4/c1-3-4-13-15(22-26-27(13)17-16(20)24-31-25-17)18(29)23-21-10(2)11-5-7-12(8-6-11)30-9-14(19)28/h5-8H,3-4,9H2,1-2H3,(H2,19,28)(H2,20,24)(H,23,29)/b21-10-. The molecule has 0 spiro atoms. The average Bonchev–Trinajstić information content (AvgIpc) is 3.36. The minimum Gasteiger partial charge on any atom is -0.484 e. The van der Waals surface area contributed by atoms with E-state index in [4.69, 9.17) is 16.2 Å². The van der Waals surface area contributed by atoms with Crippen LogP contribution in [0.25, 0.3) is 5.82 Å². The van der Waals surface area contributed by atoms with E-state index in [0.717, 1.165) is 12.0 Å². The van der Waals surface area contributed by atoms with Crippen LogP contribution in [0.4, 0.5) is 5.82 Å². The zero-order valence-electron chi connectivity index (χ0n) is 16.9. The Hall–Kier alpha value is -4.29. The Bertz CT molecular complexity index is 1100. The summed E-state index contributed by atoms with van der Waals surface area (Å²) in [6, 6.07) is 6.81. The number of amides is 2. The normalized spacial score (nSPS) is 11.4. The lowest BCUT2D eigenvalue weighted by Gasteiger charge is -2.06. The molecule has 13 heteroatoms. The first-order chi connectivity index (χ1) is 14.9. The second kappa shape index (κ2) is 9.47. The maximum Gasteiger partial charge on any atom is 0.293 e. The summed E-state index contributed by atoms with van der Waals surface area (Å²) >= 11 is 0. The van der Waals surface area contributed by atoms with Crippen molar-refractivity contribution >= 4 is 23.3 Å². The summed E-state index contributed by atoms with van der Waals surface area (Å²) in [7, 11) is 0. The Kier molecular flexibility index (Phi) is 6.54. The Morgan fingerprint density at radius 1 is 1.26 bits per heavy atom. The largest absolute Gasteiger partial charge is 0.484 e. The van der Waals surface area contributed by atoms with Gasteiger partial charge in [0, 0.05) is 0 Å². The number of carbonyl (C=O) groups is 2. The molecule has 2 heterocycles. The van der Waals surface area contributed by atoms with Gasteiger partial charge in [0.1, 0.15) is 5.75 Å². The van der Waals surface area contributed by atoms with Gasteiger partial charge in [0.25, 0.3) is 11.8 Å². The molecule has 0 aliphatic heterocycles. The first-order valence-corrected chi connectivity index (χ1v) is 9.29. The first kappa shape index (κ1) is 21.4. The van der Waals surface area contributed by atoms with E-state index in [-0.39, 0.29) is 23.9 Å². The molecule has 2 aromatic heterocycles. The molecular weight excluding hydrogens is 406 g/mol. The highest BCUT2D eigenvalue weighted by Crippen LogP contribution is 2.17. The maximum absolute atomic E-state index is 12.7. The molecule has 0 saturated carbocycles.